The molecular formula is C138H222N8. The van der Waals surface area contributed by atoms with Crippen molar-refractivity contribution < 1.29 is 0 Å². The third-order valence-electron chi connectivity index (χ3n) is 25.8. The standard InChI is InChI=1S/C13H18.C12H17N.2C12H16.C11H12N2.2C11H13N.C11H15N.C9H12.C8H11N.C6H13N.11C2H6/c1-10(2)12-8-7-11-5-3-4-6-13(11)9-12;1-10(2)13-8-7-11-5-3-4-6-12(11)9-13;1-9(2)12-7-10-5-3-4-6-11(10)8-12;1-9(2)11-8-7-10-5-3-4-6-12(10)11;1-8(2)11-12-7-9-5-3-4-6-10(9)13-11;2*1-8(2)9-3-4-11-10(7-9)5-6-12-11;1-9(2)12-7-10-5-3-4-6-11(10)8-12;1-8(2)9-6-4-3-5-7-9;1-7(2)8-3-5-9-6-4-8;1-6(2)7-4-3-5-7;11*1-2/h3-6,10,12H,7-9H2,1-2H3;3-6,10H,7-9H2,1-2H3;3-6,9,12H,7-8H2,1-2H3;3-6,9,11H,7-8H2,1-2H3;3-8H,1-2H3;2*3-8,12H,1-2H3;3-6,9H,7-8H2,1-2H3;3-8H,1-2H3;3-7H,1-2H3;6H,3-5H2,1-2H3;11*1-2H3. The molecule has 1 saturated heterocycles. The van der Waals surface area contributed by atoms with Gasteiger partial charge < -0.3 is 14.9 Å². The Bertz CT molecular complexity index is 4880. The number of benzene rings is 9. The summed E-state index contributed by atoms with van der Waals surface area (Å²) < 4.78 is 0. The highest BCUT2D eigenvalue weighted by Crippen LogP contribution is 2.38. The second-order valence-corrected chi connectivity index (χ2v) is 38.5. The largest absolute Gasteiger partial charge is 0.361 e. The van der Waals surface area contributed by atoms with Crippen LogP contribution in [0.1, 0.15) is 443 Å². The van der Waals surface area contributed by atoms with Crippen molar-refractivity contribution in [2.45, 2.75) is 436 Å². The van der Waals surface area contributed by atoms with Gasteiger partial charge >= 0.3 is 0 Å². The van der Waals surface area contributed by atoms with Gasteiger partial charge in [0.2, 0.25) is 0 Å². The predicted molar refractivity (Wildman–Crippen MR) is 661 cm³/mol. The Labute approximate surface area is 902 Å². The van der Waals surface area contributed by atoms with Crippen molar-refractivity contribution in [3.63, 3.8) is 0 Å². The Morgan fingerprint density at radius 2 is 0.623 bits per heavy atom. The number of aromatic amines is 2. The van der Waals surface area contributed by atoms with Gasteiger partial charge in [-0.3, -0.25) is 14.8 Å². The second kappa shape index (κ2) is 86.3. The van der Waals surface area contributed by atoms with E-state index in [2.05, 4.69) is 386 Å². The van der Waals surface area contributed by atoms with Crippen LogP contribution in [0.4, 0.5) is 0 Å². The summed E-state index contributed by atoms with van der Waals surface area (Å²) in [4.78, 5) is 26.6. The lowest BCUT2D eigenvalue weighted by Crippen LogP contribution is -2.41. The van der Waals surface area contributed by atoms with E-state index in [-0.39, 0.29) is 0 Å². The van der Waals surface area contributed by atoms with Crippen molar-refractivity contribution in [1.82, 2.24) is 39.6 Å². The Kier molecular flexibility index (Phi) is 83.1. The number of aryl methyl sites for hydroxylation is 2. The maximum Gasteiger partial charge on any atom is 0.131 e. The molecule has 2 unspecified atom stereocenters. The van der Waals surface area contributed by atoms with E-state index in [0.717, 1.165) is 77.9 Å². The molecule has 0 spiro atoms. The molecule has 146 heavy (non-hydrogen) atoms. The molecule has 1 fully saturated rings. The number of rotatable bonds is 11. The summed E-state index contributed by atoms with van der Waals surface area (Å²) in [7, 11) is 0. The third kappa shape index (κ3) is 53.0. The van der Waals surface area contributed by atoms with Gasteiger partial charge in [0.1, 0.15) is 5.82 Å². The van der Waals surface area contributed by atoms with Crippen molar-refractivity contribution in [2.24, 2.45) is 29.6 Å². The Morgan fingerprint density at radius 1 is 0.274 bits per heavy atom. The van der Waals surface area contributed by atoms with Crippen LogP contribution in [-0.2, 0) is 58.2 Å². The van der Waals surface area contributed by atoms with Gasteiger partial charge in [-0.1, -0.05) is 445 Å². The van der Waals surface area contributed by atoms with Gasteiger partial charge in [0.25, 0.3) is 0 Å². The summed E-state index contributed by atoms with van der Waals surface area (Å²) in [6, 6.07) is 86.3. The summed E-state index contributed by atoms with van der Waals surface area (Å²) in [5.41, 5.74) is 24.6. The highest BCUT2D eigenvalue weighted by Gasteiger charge is 2.27. The third-order valence-corrected chi connectivity index (χ3v) is 25.8. The lowest BCUT2D eigenvalue weighted by Gasteiger charge is -2.34. The molecule has 3 aliphatic heterocycles. The van der Waals surface area contributed by atoms with Crippen LogP contribution in [0.3, 0.4) is 0 Å². The maximum absolute atomic E-state index is 4.46. The number of fused-ring (bicyclic) bond motifs is 8. The minimum Gasteiger partial charge on any atom is -0.361 e. The lowest BCUT2D eigenvalue weighted by molar-refractivity contribution is 0.138. The van der Waals surface area contributed by atoms with E-state index in [4.69, 9.17) is 0 Å². The number of hydrogen-bond acceptors (Lipinski definition) is 6. The lowest BCUT2D eigenvalue weighted by atomic mass is 9.78. The average Bonchev–Trinajstić information content (AvgIpc) is 1.80. The molecule has 4 aromatic heterocycles. The van der Waals surface area contributed by atoms with Crippen molar-refractivity contribution >= 4 is 32.7 Å². The van der Waals surface area contributed by atoms with E-state index in [1.54, 1.807) is 38.9 Å². The quantitative estimate of drug-likeness (QED) is 0.134. The minimum absolute atomic E-state index is 0.393. The van der Waals surface area contributed by atoms with Crippen LogP contribution in [0, 0.1) is 29.6 Å². The summed E-state index contributed by atoms with van der Waals surface area (Å²) >= 11 is 0. The van der Waals surface area contributed by atoms with Gasteiger partial charge in [0.05, 0.1) is 5.52 Å². The zero-order chi connectivity index (χ0) is 111. The van der Waals surface area contributed by atoms with Gasteiger partial charge in [-0.15, -0.1) is 0 Å². The van der Waals surface area contributed by atoms with E-state index >= 15 is 0 Å². The molecule has 6 aliphatic rings. The molecule has 2 N–H and O–H groups in total. The van der Waals surface area contributed by atoms with Gasteiger partial charge in [0.15, 0.2) is 0 Å². The van der Waals surface area contributed by atoms with Crippen LogP contribution in [0.15, 0.2) is 268 Å². The first kappa shape index (κ1) is 141. The van der Waals surface area contributed by atoms with Gasteiger partial charge in [0, 0.05) is 97.6 Å². The number of pyridine rings is 1. The normalized spacial score (nSPS) is 13.6. The van der Waals surface area contributed by atoms with Crippen LogP contribution >= 0.6 is 0 Å². The zero-order valence-electron chi connectivity index (χ0n) is 102. The number of hydrogen-bond donors (Lipinski definition) is 2. The molecule has 8 nitrogen and oxygen atoms in total. The number of H-pyrrole nitrogens is 2. The Hall–Kier alpha value is -9.57. The average molecular weight is 1990 g/mol. The first-order valence-corrected chi connectivity index (χ1v) is 58.5. The predicted octanol–water partition coefficient (Wildman–Crippen LogP) is 41.5. The molecule has 0 radical (unpaired) electrons. The SMILES string of the molecule is CC.CC.CC.CC.CC.CC.CC.CC.CC.CC.CC.CC(C)C1CCc2ccccc21.CC(C)C1CCc2ccccc2C1.CC(C)C1Cc2ccccc2C1.CC(C)N1CCC1.CC(C)N1CCc2ccccc2C1.CC(C)N1Cc2ccccc2C1.CC(C)c1ccc2[nH]ccc2c1.CC(C)c1ccc2[nH]ccc2c1.CC(C)c1ccccc1.CC(C)c1ccncc1.CC(C)c1ncc2ccccc2n1. The first-order valence-electron chi connectivity index (χ1n) is 58.5. The molecule has 8 heteroatoms. The van der Waals surface area contributed by atoms with Crippen LogP contribution in [0.25, 0.3) is 32.7 Å². The Balaban J connectivity index is -0.00000151. The number of nitrogens with zero attached hydrogens (tertiary/aromatic N) is 6. The highest BCUT2D eigenvalue weighted by molar-refractivity contribution is 5.81. The smallest absolute Gasteiger partial charge is 0.131 e. The summed E-state index contributed by atoms with van der Waals surface area (Å²) in [6.07, 6.45) is 21.4. The van der Waals surface area contributed by atoms with Crippen LogP contribution < -0.4 is 0 Å². The molecule has 9 aromatic carbocycles. The minimum atomic E-state index is 0.393. The molecule has 7 heterocycles. The monoisotopic (exact) mass is 1990 g/mol. The van der Waals surface area contributed by atoms with Crippen molar-refractivity contribution in [3.05, 3.63) is 351 Å². The van der Waals surface area contributed by atoms with Gasteiger partial charge in [-0.05, 0) is 315 Å². The first-order chi connectivity index (χ1) is 70.6. The number of aromatic nitrogens is 5. The van der Waals surface area contributed by atoms with Crippen molar-refractivity contribution in [2.75, 3.05) is 19.6 Å². The van der Waals surface area contributed by atoms with E-state index in [1.807, 2.05) is 226 Å². The van der Waals surface area contributed by atoms with E-state index in [1.165, 1.54) is 138 Å². The topological polar surface area (TPSA) is 80.0 Å². The highest BCUT2D eigenvalue weighted by atomic mass is 15.2. The molecule has 0 amide bonds. The van der Waals surface area contributed by atoms with E-state index in [9.17, 15) is 0 Å². The molecule has 13 aromatic rings. The molecule has 19 rings (SSSR count). The zero-order valence-corrected chi connectivity index (χ0v) is 102. The van der Waals surface area contributed by atoms with Crippen LogP contribution in [-0.4, -0.2) is 77.4 Å². The molecule has 2 atom stereocenters. The van der Waals surface area contributed by atoms with Gasteiger partial charge in [-0.2, -0.15) is 0 Å². The number of para-hydroxylation sites is 1. The van der Waals surface area contributed by atoms with Crippen LogP contribution in [0.5, 0.6) is 0 Å². The molecule has 814 valence electrons. The second-order valence-electron chi connectivity index (χ2n) is 38.5. The fraction of sp³-hybridized carbons (Fsp3) is 0.529. The number of nitrogens with one attached hydrogen (secondary N) is 2. The van der Waals surface area contributed by atoms with Gasteiger partial charge in [-0.25, -0.2) is 9.97 Å². The number of likely N-dealkylation sites (tertiary alicyclic amines) is 1. The summed E-state index contributed by atoms with van der Waals surface area (Å²) in [5.74, 6) is 8.91. The molecule has 0 saturated carbocycles. The molecule has 3 aliphatic carbocycles. The summed E-state index contributed by atoms with van der Waals surface area (Å²) in [6.45, 7) is 101. The van der Waals surface area contributed by atoms with Crippen molar-refractivity contribution in [1.29, 1.82) is 0 Å². The summed E-state index contributed by atoms with van der Waals surface area (Å²) in [5, 5.41) is 3.72. The maximum atomic E-state index is 4.46. The van der Waals surface area contributed by atoms with E-state index in [0.29, 0.717) is 41.7 Å². The van der Waals surface area contributed by atoms with Crippen LogP contribution in [0.2, 0.25) is 0 Å². The van der Waals surface area contributed by atoms with E-state index < -0.39 is 0 Å². The fourth-order valence-corrected chi connectivity index (χ4v) is 16.9. The fourth-order valence-electron chi connectivity index (χ4n) is 16.9. The Morgan fingerprint density at radius 3 is 1.00 bits per heavy atom. The molecular weight excluding hydrogens is 1770 g/mol. The van der Waals surface area contributed by atoms with Crippen molar-refractivity contribution in [3.8, 4) is 0 Å². The molecule has 0 bridgehead atoms.